The van der Waals surface area contributed by atoms with Gasteiger partial charge in [-0.2, -0.15) is 13.2 Å². The maximum Gasteiger partial charge on any atom is 0.417 e. The largest absolute Gasteiger partial charge is 0.417 e. The van der Waals surface area contributed by atoms with Crippen LogP contribution in [0.1, 0.15) is 27.8 Å². The quantitative estimate of drug-likeness (QED) is 0.261. The molecule has 2 aromatic carbocycles. The Labute approximate surface area is 211 Å². The van der Waals surface area contributed by atoms with E-state index in [1.165, 1.54) is 6.33 Å². The van der Waals surface area contributed by atoms with Crippen LogP contribution >= 0.6 is 0 Å². The molecule has 0 spiro atoms. The SMILES string of the molecule is Cc1cc2c(N)nccc2c(C)c1CNc1cc(NCc2ccc3ncc(C(F)(F)F)cc3c2)ncn1. The Balaban J connectivity index is 1.29. The number of alkyl halides is 3. The first kappa shape index (κ1) is 24.2. The number of hydrogen-bond donors (Lipinski definition) is 3. The van der Waals surface area contributed by atoms with E-state index in [-0.39, 0.29) is 0 Å². The van der Waals surface area contributed by atoms with Gasteiger partial charge in [0, 0.05) is 42.3 Å². The molecule has 7 nitrogen and oxygen atoms in total. The number of halogens is 3. The fourth-order valence-electron chi connectivity index (χ4n) is 4.37. The zero-order valence-electron chi connectivity index (χ0n) is 20.2. The van der Waals surface area contributed by atoms with Gasteiger partial charge in [-0.15, -0.1) is 0 Å². The molecule has 0 radical (unpaired) electrons. The smallest absolute Gasteiger partial charge is 0.383 e. The molecule has 0 saturated carbocycles. The van der Waals surface area contributed by atoms with Crippen molar-refractivity contribution >= 4 is 39.1 Å². The van der Waals surface area contributed by atoms with Crippen LogP contribution in [0.4, 0.5) is 30.6 Å². The monoisotopic (exact) mass is 503 g/mol. The van der Waals surface area contributed by atoms with Crippen molar-refractivity contribution in [3.63, 3.8) is 0 Å². The van der Waals surface area contributed by atoms with Crippen molar-refractivity contribution in [3.8, 4) is 0 Å². The van der Waals surface area contributed by atoms with Gasteiger partial charge in [0.25, 0.3) is 0 Å². The van der Waals surface area contributed by atoms with E-state index < -0.39 is 11.7 Å². The molecule has 0 atom stereocenters. The molecule has 5 rings (SSSR count). The maximum atomic E-state index is 13.0. The summed E-state index contributed by atoms with van der Waals surface area (Å²) in [7, 11) is 0. The summed E-state index contributed by atoms with van der Waals surface area (Å²) in [6, 6.07) is 12.1. The van der Waals surface area contributed by atoms with Crippen molar-refractivity contribution in [2.45, 2.75) is 33.1 Å². The molecule has 0 bridgehead atoms. The summed E-state index contributed by atoms with van der Waals surface area (Å²) in [5.74, 6) is 1.74. The molecule has 188 valence electrons. The van der Waals surface area contributed by atoms with Gasteiger partial charge in [-0.05, 0) is 71.8 Å². The topological polar surface area (TPSA) is 102 Å². The number of pyridine rings is 2. The van der Waals surface area contributed by atoms with Crippen LogP contribution in [0.5, 0.6) is 0 Å². The molecule has 5 aromatic rings. The van der Waals surface area contributed by atoms with E-state index >= 15 is 0 Å². The minimum atomic E-state index is -4.44. The number of nitrogens with one attached hydrogen (secondary N) is 2. The molecular weight excluding hydrogens is 479 g/mol. The van der Waals surface area contributed by atoms with Crippen molar-refractivity contribution in [1.29, 1.82) is 0 Å². The van der Waals surface area contributed by atoms with Crippen LogP contribution in [-0.2, 0) is 19.3 Å². The first-order valence-electron chi connectivity index (χ1n) is 11.6. The van der Waals surface area contributed by atoms with Gasteiger partial charge in [-0.25, -0.2) is 15.0 Å². The number of anilines is 3. The predicted molar refractivity (Wildman–Crippen MR) is 139 cm³/mol. The zero-order chi connectivity index (χ0) is 26.2. The zero-order valence-corrected chi connectivity index (χ0v) is 20.2. The van der Waals surface area contributed by atoms with E-state index in [1.807, 2.05) is 25.1 Å². The number of nitrogens with two attached hydrogens (primary N) is 1. The summed E-state index contributed by atoms with van der Waals surface area (Å²) < 4.78 is 39.1. The average molecular weight is 504 g/mol. The third-order valence-electron chi connectivity index (χ3n) is 6.37. The molecule has 4 N–H and O–H groups in total. The minimum Gasteiger partial charge on any atom is -0.383 e. The highest BCUT2D eigenvalue weighted by molar-refractivity contribution is 5.94. The van der Waals surface area contributed by atoms with Crippen molar-refractivity contribution in [1.82, 2.24) is 19.9 Å². The van der Waals surface area contributed by atoms with Gasteiger partial charge >= 0.3 is 6.18 Å². The second kappa shape index (κ2) is 9.53. The van der Waals surface area contributed by atoms with E-state index in [1.54, 1.807) is 24.4 Å². The summed E-state index contributed by atoms with van der Waals surface area (Å²) in [6.45, 7) is 5.04. The van der Waals surface area contributed by atoms with E-state index in [0.717, 1.165) is 45.3 Å². The number of aromatic nitrogens is 4. The number of rotatable bonds is 6. The minimum absolute atomic E-state index is 0.376. The second-order valence-electron chi connectivity index (χ2n) is 8.83. The lowest BCUT2D eigenvalue weighted by atomic mass is 9.96. The highest BCUT2D eigenvalue weighted by Gasteiger charge is 2.31. The van der Waals surface area contributed by atoms with Crippen molar-refractivity contribution < 1.29 is 13.2 Å². The Morgan fingerprint density at radius 1 is 0.838 bits per heavy atom. The lowest BCUT2D eigenvalue weighted by Crippen LogP contribution is -2.08. The van der Waals surface area contributed by atoms with E-state index in [2.05, 4.69) is 37.5 Å². The first-order chi connectivity index (χ1) is 17.7. The number of benzene rings is 2. The Bertz CT molecular complexity index is 1620. The molecule has 0 unspecified atom stereocenters. The standard InChI is InChI=1S/C27H24F3N7/c1-15-7-21-20(5-6-32-26(21)31)16(2)22(15)13-35-25-10-24(36-14-37-25)34-11-17-3-4-23-18(8-17)9-19(12-33-23)27(28,29)30/h3-10,12,14H,11,13H2,1-2H3,(H2,31,32)(H2,34,35,36,37). The summed E-state index contributed by atoms with van der Waals surface area (Å²) in [6.07, 6.45) is -0.421. The van der Waals surface area contributed by atoms with Crippen LogP contribution in [0.3, 0.4) is 0 Å². The Morgan fingerprint density at radius 3 is 2.35 bits per heavy atom. The molecule has 0 fully saturated rings. The van der Waals surface area contributed by atoms with E-state index in [0.29, 0.717) is 41.4 Å². The molecule has 10 heteroatoms. The summed E-state index contributed by atoms with van der Waals surface area (Å²) in [5.41, 5.74) is 9.96. The van der Waals surface area contributed by atoms with Gasteiger partial charge < -0.3 is 16.4 Å². The number of hydrogen-bond acceptors (Lipinski definition) is 7. The van der Waals surface area contributed by atoms with Crippen LogP contribution in [0.25, 0.3) is 21.7 Å². The summed E-state index contributed by atoms with van der Waals surface area (Å²) in [4.78, 5) is 16.7. The highest BCUT2D eigenvalue weighted by atomic mass is 19.4. The number of aryl methyl sites for hydroxylation is 2. The lowest BCUT2D eigenvalue weighted by Gasteiger charge is -2.15. The average Bonchev–Trinajstić information content (AvgIpc) is 2.87. The molecule has 0 aliphatic heterocycles. The lowest BCUT2D eigenvalue weighted by molar-refractivity contribution is -0.137. The van der Waals surface area contributed by atoms with Gasteiger partial charge in [0.1, 0.15) is 23.8 Å². The molecule has 3 aromatic heterocycles. The number of fused-ring (bicyclic) bond motifs is 2. The normalized spacial score (nSPS) is 11.7. The van der Waals surface area contributed by atoms with Crippen molar-refractivity contribution in [2.75, 3.05) is 16.4 Å². The van der Waals surface area contributed by atoms with Gasteiger partial charge in [-0.3, -0.25) is 4.98 Å². The summed E-state index contributed by atoms with van der Waals surface area (Å²) >= 11 is 0. The first-order valence-corrected chi connectivity index (χ1v) is 11.6. The van der Waals surface area contributed by atoms with Crippen LogP contribution < -0.4 is 16.4 Å². The molecule has 3 heterocycles. The third-order valence-corrected chi connectivity index (χ3v) is 6.37. The van der Waals surface area contributed by atoms with Crippen LogP contribution in [0, 0.1) is 13.8 Å². The van der Waals surface area contributed by atoms with Crippen LogP contribution in [0.2, 0.25) is 0 Å². The van der Waals surface area contributed by atoms with Gasteiger partial charge in [0.15, 0.2) is 0 Å². The highest BCUT2D eigenvalue weighted by Crippen LogP contribution is 2.31. The third kappa shape index (κ3) is 5.09. The fraction of sp³-hybridized carbons (Fsp3) is 0.185. The molecule has 0 aliphatic carbocycles. The molecule has 0 saturated heterocycles. The summed E-state index contributed by atoms with van der Waals surface area (Å²) in [5, 5.41) is 8.99. The van der Waals surface area contributed by atoms with E-state index in [9.17, 15) is 13.2 Å². The second-order valence-corrected chi connectivity index (χ2v) is 8.83. The number of nitrogens with zero attached hydrogens (tertiary/aromatic N) is 4. The molecule has 0 amide bonds. The number of nitrogen functional groups attached to an aromatic ring is 1. The van der Waals surface area contributed by atoms with E-state index in [4.69, 9.17) is 5.73 Å². The van der Waals surface area contributed by atoms with Crippen LogP contribution in [0.15, 0.2) is 61.2 Å². The molecule has 0 aliphatic rings. The fourth-order valence-corrected chi connectivity index (χ4v) is 4.37. The Kier molecular flexibility index (Phi) is 6.24. The Morgan fingerprint density at radius 2 is 1.59 bits per heavy atom. The van der Waals surface area contributed by atoms with Crippen molar-refractivity contribution in [2.24, 2.45) is 0 Å². The van der Waals surface area contributed by atoms with Gasteiger partial charge in [0.2, 0.25) is 0 Å². The van der Waals surface area contributed by atoms with Gasteiger partial charge in [-0.1, -0.05) is 6.07 Å². The maximum absolute atomic E-state index is 13.0. The predicted octanol–water partition coefficient (Wildman–Crippen LogP) is 6.02. The van der Waals surface area contributed by atoms with Crippen molar-refractivity contribution in [3.05, 3.63) is 89.0 Å². The molecular formula is C27H24F3N7. The Hall–Kier alpha value is -4.47. The van der Waals surface area contributed by atoms with Gasteiger partial charge in [0.05, 0.1) is 11.1 Å². The molecule has 37 heavy (non-hydrogen) atoms. The van der Waals surface area contributed by atoms with Crippen LogP contribution in [-0.4, -0.2) is 19.9 Å².